The van der Waals surface area contributed by atoms with Crippen molar-refractivity contribution >= 4 is 0 Å². The molecule has 8 heteroatoms. The first-order valence-corrected chi connectivity index (χ1v) is 6.14. The van der Waals surface area contributed by atoms with Gasteiger partial charge in [0.1, 0.15) is 12.4 Å². The number of alkyl halides is 3. The van der Waals surface area contributed by atoms with Gasteiger partial charge in [-0.2, -0.15) is 13.2 Å². The predicted octanol–water partition coefficient (Wildman–Crippen LogP) is 1.95. The summed E-state index contributed by atoms with van der Waals surface area (Å²) < 4.78 is 45.7. The molecule has 114 valence electrons. The molecule has 0 radical (unpaired) electrons. The molecule has 1 rings (SSSR count). The lowest BCUT2D eigenvalue weighted by Gasteiger charge is -2.17. The van der Waals surface area contributed by atoms with E-state index in [0.717, 1.165) is 5.56 Å². The molecule has 1 aromatic heterocycles. The molecule has 0 aliphatic rings. The van der Waals surface area contributed by atoms with Crippen LogP contribution in [0.4, 0.5) is 13.2 Å². The number of ether oxygens (including phenoxy) is 2. The smallest absolute Gasteiger partial charge is 0.411 e. The first-order valence-electron chi connectivity index (χ1n) is 6.14. The molecule has 3 N–H and O–H groups in total. The average Bonchev–Trinajstić information content (AvgIpc) is 2.38. The van der Waals surface area contributed by atoms with Gasteiger partial charge in [0, 0.05) is 18.8 Å². The van der Waals surface area contributed by atoms with E-state index in [9.17, 15) is 13.2 Å². The molecule has 0 fully saturated rings. The van der Waals surface area contributed by atoms with Crippen LogP contribution >= 0.6 is 0 Å². The van der Waals surface area contributed by atoms with E-state index in [4.69, 9.17) is 10.6 Å². The quantitative estimate of drug-likeness (QED) is 0.435. The van der Waals surface area contributed by atoms with Gasteiger partial charge in [0.2, 0.25) is 0 Å². The van der Waals surface area contributed by atoms with Crippen LogP contribution in [0.5, 0.6) is 5.75 Å². The van der Waals surface area contributed by atoms with E-state index >= 15 is 0 Å². The summed E-state index contributed by atoms with van der Waals surface area (Å²) in [5, 5.41) is 0. The number of hydrogen-bond donors (Lipinski definition) is 2. The van der Waals surface area contributed by atoms with Crippen LogP contribution in [0.2, 0.25) is 0 Å². The standard InChI is InChI=1S/C12H18F3N3O2/c1-2-20-10-5-9(6-17-7-10)11(18-16)3-4-19-8-12(13,14)15/h5-7,11,18H,2-4,8,16H2,1H3. The van der Waals surface area contributed by atoms with Gasteiger partial charge in [-0.15, -0.1) is 0 Å². The minimum Gasteiger partial charge on any atom is -0.492 e. The summed E-state index contributed by atoms with van der Waals surface area (Å²) in [5.41, 5.74) is 3.26. The maximum Gasteiger partial charge on any atom is 0.411 e. The molecule has 0 aliphatic carbocycles. The van der Waals surface area contributed by atoms with Gasteiger partial charge in [0.25, 0.3) is 0 Å². The number of halogens is 3. The molecule has 0 amide bonds. The summed E-state index contributed by atoms with van der Waals surface area (Å²) in [6.45, 7) is 1.02. The first-order chi connectivity index (χ1) is 9.46. The minimum atomic E-state index is -4.32. The number of hydrazine groups is 1. The van der Waals surface area contributed by atoms with Gasteiger partial charge in [-0.3, -0.25) is 16.3 Å². The summed E-state index contributed by atoms with van der Waals surface area (Å²) in [6, 6.07) is 1.39. The van der Waals surface area contributed by atoms with Crippen LogP contribution in [0.3, 0.4) is 0 Å². The highest BCUT2D eigenvalue weighted by Crippen LogP contribution is 2.20. The van der Waals surface area contributed by atoms with Crippen molar-refractivity contribution in [1.82, 2.24) is 10.4 Å². The zero-order valence-corrected chi connectivity index (χ0v) is 11.1. The van der Waals surface area contributed by atoms with Crippen molar-refractivity contribution in [3.63, 3.8) is 0 Å². The van der Waals surface area contributed by atoms with E-state index in [2.05, 4.69) is 15.1 Å². The summed E-state index contributed by atoms with van der Waals surface area (Å²) in [5.74, 6) is 5.99. The highest BCUT2D eigenvalue weighted by Gasteiger charge is 2.27. The molecule has 0 bridgehead atoms. The first kappa shape index (κ1) is 16.7. The van der Waals surface area contributed by atoms with Crippen LogP contribution in [0.25, 0.3) is 0 Å². The summed E-state index contributed by atoms with van der Waals surface area (Å²) >= 11 is 0. The van der Waals surface area contributed by atoms with Gasteiger partial charge in [-0.1, -0.05) is 0 Å². The Hall–Kier alpha value is -1.38. The van der Waals surface area contributed by atoms with Gasteiger partial charge in [-0.05, 0) is 25.0 Å². The molecule has 1 unspecified atom stereocenters. The van der Waals surface area contributed by atoms with E-state index in [1.54, 1.807) is 18.5 Å². The number of rotatable bonds is 8. The maximum atomic E-state index is 11.9. The molecule has 1 aromatic rings. The largest absolute Gasteiger partial charge is 0.492 e. The van der Waals surface area contributed by atoms with Crippen molar-refractivity contribution < 1.29 is 22.6 Å². The zero-order chi connectivity index (χ0) is 15.0. The predicted molar refractivity (Wildman–Crippen MR) is 67.0 cm³/mol. The van der Waals surface area contributed by atoms with Gasteiger partial charge in [0.15, 0.2) is 0 Å². The molecule has 0 aliphatic heterocycles. The van der Waals surface area contributed by atoms with E-state index < -0.39 is 12.8 Å². The SMILES string of the molecule is CCOc1cncc(C(CCOCC(F)(F)F)NN)c1. The van der Waals surface area contributed by atoms with Crippen LogP contribution in [0.15, 0.2) is 18.5 Å². The number of aromatic nitrogens is 1. The number of nitrogens with two attached hydrogens (primary N) is 1. The monoisotopic (exact) mass is 293 g/mol. The molecular formula is C12H18F3N3O2. The van der Waals surface area contributed by atoms with Crippen molar-refractivity contribution in [2.75, 3.05) is 19.8 Å². The van der Waals surface area contributed by atoms with Gasteiger partial charge < -0.3 is 9.47 Å². The molecule has 20 heavy (non-hydrogen) atoms. The molecule has 5 nitrogen and oxygen atoms in total. The molecule has 0 saturated heterocycles. The molecule has 0 saturated carbocycles. The Morgan fingerprint density at radius 2 is 2.15 bits per heavy atom. The van der Waals surface area contributed by atoms with E-state index in [-0.39, 0.29) is 12.6 Å². The van der Waals surface area contributed by atoms with Crippen LogP contribution < -0.4 is 16.0 Å². The third-order valence-corrected chi connectivity index (χ3v) is 2.47. The van der Waals surface area contributed by atoms with Crippen molar-refractivity contribution in [3.8, 4) is 5.75 Å². The van der Waals surface area contributed by atoms with Crippen LogP contribution in [-0.4, -0.2) is 31.0 Å². The summed E-state index contributed by atoms with van der Waals surface area (Å²) in [4.78, 5) is 4.00. The Balaban J connectivity index is 2.51. The van der Waals surface area contributed by atoms with Crippen LogP contribution in [0, 0.1) is 0 Å². The zero-order valence-electron chi connectivity index (χ0n) is 11.1. The Labute approximate surface area is 115 Å². The molecule has 0 spiro atoms. The van der Waals surface area contributed by atoms with Crippen LogP contribution in [-0.2, 0) is 4.74 Å². The highest BCUT2D eigenvalue weighted by atomic mass is 19.4. The van der Waals surface area contributed by atoms with Gasteiger partial charge in [0.05, 0.1) is 12.8 Å². The Kier molecular flexibility index (Phi) is 6.69. The third-order valence-electron chi connectivity index (χ3n) is 2.47. The van der Waals surface area contributed by atoms with Crippen LogP contribution in [0.1, 0.15) is 24.9 Å². The minimum absolute atomic E-state index is 0.0623. The topological polar surface area (TPSA) is 69.4 Å². The number of pyridine rings is 1. The van der Waals surface area contributed by atoms with E-state index in [1.807, 2.05) is 6.92 Å². The Morgan fingerprint density at radius 3 is 2.75 bits per heavy atom. The van der Waals surface area contributed by atoms with Crippen molar-refractivity contribution in [2.45, 2.75) is 25.6 Å². The van der Waals surface area contributed by atoms with E-state index in [0.29, 0.717) is 18.8 Å². The highest BCUT2D eigenvalue weighted by molar-refractivity contribution is 5.25. The van der Waals surface area contributed by atoms with Crippen molar-refractivity contribution in [1.29, 1.82) is 0 Å². The van der Waals surface area contributed by atoms with Crippen molar-refractivity contribution in [3.05, 3.63) is 24.0 Å². The molecular weight excluding hydrogens is 275 g/mol. The summed E-state index contributed by atoms with van der Waals surface area (Å²) in [6.07, 6.45) is -0.885. The van der Waals surface area contributed by atoms with Gasteiger partial charge in [-0.25, -0.2) is 0 Å². The number of nitrogens with one attached hydrogen (secondary N) is 1. The van der Waals surface area contributed by atoms with Gasteiger partial charge >= 0.3 is 6.18 Å². The summed E-state index contributed by atoms with van der Waals surface area (Å²) in [7, 11) is 0. The third kappa shape index (κ3) is 6.18. The second-order valence-electron chi connectivity index (χ2n) is 4.06. The lowest BCUT2D eigenvalue weighted by Crippen LogP contribution is -2.29. The second-order valence-corrected chi connectivity index (χ2v) is 4.06. The van der Waals surface area contributed by atoms with Crippen molar-refractivity contribution in [2.24, 2.45) is 5.84 Å². The fourth-order valence-electron chi connectivity index (χ4n) is 1.61. The average molecular weight is 293 g/mol. The molecule has 1 heterocycles. The normalized spacial score (nSPS) is 13.2. The number of hydrogen-bond acceptors (Lipinski definition) is 5. The maximum absolute atomic E-state index is 11.9. The lowest BCUT2D eigenvalue weighted by atomic mass is 10.1. The lowest BCUT2D eigenvalue weighted by molar-refractivity contribution is -0.174. The Bertz CT molecular complexity index is 402. The number of nitrogens with zero attached hydrogens (tertiary/aromatic N) is 1. The Morgan fingerprint density at radius 1 is 1.40 bits per heavy atom. The second kappa shape index (κ2) is 8.03. The fraction of sp³-hybridized carbons (Fsp3) is 0.583. The molecule has 1 atom stereocenters. The van der Waals surface area contributed by atoms with E-state index in [1.165, 1.54) is 0 Å². The molecule has 0 aromatic carbocycles. The fourth-order valence-corrected chi connectivity index (χ4v) is 1.61.